The average molecular weight is 382 g/mol. The molecular weight excluding hydrogens is 350 g/mol. The van der Waals surface area contributed by atoms with Gasteiger partial charge in [-0.3, -0.25) is 4.99 Å². The van der Waals surface area contributed by atoms with Gasteiger partial charge in [0.25, 0.3) is 0 Å². The number of guanidine groups is 1. The van der Waals surface area contributed by atoms with Crippen LogP contribution >= 0.6 is 0 Å². The fraction of sp³-hybridized carbons (Fsp3) is 0.545. The van der Waals surface area contributed by atoms with Gasteiger partial charge in [-0.2, -0.15) is 0 Å². The summed E-state index contributed by atoms with van der Waals surface area (Å²) >= 11 is 0. The number of piperidine rings is 2. The maximum absolute atomic E-state index is 5.65. The van der Waals surface area contributed by atoms with E-state index in [1.807, 2.05) is 19.2 Å². The molecule has 0 radical (unpaired) electrons. The highest BCUT2D eigenvalue weighted by molar-refractivity contribution is 5.79. The molecule has 6 heteroatoms. The van der Waals surface area contributed by atoms with Crippen LogP contribution in [0.2, 0.25) is 0 Å². The molecule has 2 atom stereocenters. The lowest BCUT2D eigenvalue weighted by atomic mass is 9.82. The van der Waals surface area contributed by atoms with Crippen molar-refractivity contribution in [3.8, 4) is 11.5 Å². The van der Waals surface area contributed by atoms with E-state index in [4.69, 9.17) is 4.42 Å². The van der Waals surface area contributed by atoms with E-state index in [0.717, 1.165) is 17.2 Å². The van der Waals surface area contributed by atoms with Gasteiger partial charge < -0.3 is 20.0 Å². The number of hydrogen-bond donors (Lipinski definition) is 2. The zero-order chi connectivity index (χ0) is 19.5. The first-order valence-electron chi connectivity index (χ1n) is 10.3. The van der Waals surface area contributed by atoms with Crippen molar-refractivity contribution in [1.82, 2.24) is 20.5 Å². The van der Waals surface area contributed by atoms with Gasteiger partial charge in [0, 0.05) is 30.7 Å². The van der Waals surface area contributed by atoms with E-state index in [2.05, 4.69) is 51.6 Å². The highest BCUT2D eigenvalue weighted by Gasteiger charge is 2.36. The van der Waals surface area contributed by atoms with Gasteiger partial charge in [-0.1, -0.05) is 24.1 Å². The number of aromatic nitrogens is 1. The topological polar surface area (TPSA) is 65.7 Å². The van der Waals surface area contributed by atoms with E-state index < -0.39 is 0 Å². The van der Waals surface area contributed by atoms with Crippen LogP contribution in [0.5, 0.6) is 0 Å². The van der Waals surface area contributed by atoms with Crippen LogP contribution < -0.4 is 10.6 Å². The summed E-state index contributed by atoms with van der Waals surface area (Å²) < 4.78 is 5.65. The van der Waals surface area contributed by atoms with Gasteiger partial charge in [0.15, 0.2) is 5.96 Å². The molecule has 28 heavy (non-hydrogen) atoms. The van der Waals surface area contributed by atoms with E-state index >= 15 is 0 Å². The molecule has 2 unspecified atom stereocenters. The molecule has 2 N–H and O–H groups in total. The van der Waals surface area contributed by atoms with Gasteiger partial charge in [-0.15, -0.1) is 0 Å². The minimum Gasteiger partial charge on any atom is -0.444 e. The molecule has 2 bridgehead atoms. The fourth-order valence-corrected chi connectivity index (χ4v) is 4.51. The first-order chi connectivity index (χ1) is 13.6. The van der Waals surface area contributed by atoms with Gasteiger partial charge in [0.2, 0.25) is 5.89 Å². The van der Waals surface area contributed by atoms with Gasteiger partial charge in [-0.25, -0.2) is 4.98 Å². The van der Waals surface area contributed by atoms with E-state index in [9.17, 15) is 0 Å². The third-order valence-corrected chi connectivity index (χ3v) is 6.19. The van der Waals surface area contributed by atoms with Crippen molar-refractivity contribution in [1.29, 1.82) is 0 Å². The number of benzene rings is 1. The molecule has 2 aromatic rings. The summed E-state index contributed by atoms with van der Waals surface area (Å²) in [5.41, 5.74) is 3.10. The van der Waals surface area contributed by atoms with Gasteiger partial charge in [0.05, 0.1) is 12.2 Å². The molecule has 2 aliphatic rings. The maximum atomic E-state index is 5.65. The Hall–Kier alpha value is -2.34. The Morgan fingerprint density at radius 3 is 2.61 bits per heavy atom. The molecule has 2 aliphatic heterocycles. The van der Waals surface area contributed by atoms with Crippen molar-refractivity contribution < 1.29 is 4.42 Å². The Balaban J connectivity index is 1.32. The second-order valence-electron chi connectivity index (χ2n) is 8.15. The number of aryl methyl sites for hydroxylation is 1. The van der Waals surface area contributed by atoms with E-state index in [0.29, 0.717) is 30.6 Å². The molecule has 0 saturated carbocycles. The summed E-state index contributed by atoms with van der Waals surface area (Å²) in [6, 6.07) is 10.1. The van der Waals surface area contributed by atoms with Crippen LogP contribution in [0.3, 0.4) is 0 Å². The molecule has 4 rings (SSSR count). The highest BCUT2D eigenvalue weighted by atomic mass is 16.3. The lowest BCUT2D eigenvalue weighted by molar-refractivity contribution is 0.0526. The quantitative estimate of drug-likeness (QED) is 0.628. The number of fused-ring (bicyclic) bond motifs is 2. The third kappa shape index (κ3) is 4.22. The largest absolute Gasteiger partial charge is 0.444 e. The molecule has 1 aromatic carbocycles. The summed E-state index contributed by atoms with van der Waals surface area (Å²) in [7, 11) is 4.11. The normalized spacial score (nSPS) is 25.5. The van der Waals surface area contributed by atoms with Crippen LogP contribution in [0.15, 0.2) is 39.9 Å². The Morgan fingerprint density at radius 1 is 1.21 bits per heavy atom. The molecule has 3 heterocycles. The predicted molar refractivity (Wildman–Crippen MR) is 112 cm³/mol. The van der Waals surface area contributed by atoms with Gasteiger partial charge in [-0.05, 0) is 51.8 Å². The molecule has 0 spiro atoms. The number of aliphatic imine (C=N–C) groups is 1. The number of nitrogens with zero attached hydrogens (tertiary/aromatic N) is 3. The summed E-state index contributed by atoms with van der Waals surface area (Å²) in [5.74, 6) is 1.50. The molecular formula is C22H31N5O. The lowest BCUT2D eigenvalue weighted by Crippen LogP contribution is -2.56. The SMILES string of the molecule is CN=C(NCc1coc(-c2ccc(C)cc2)n1)NC1CC2CCCC(C1)N2C. The summed E-state index contributed by atoms with van der Waals surface area (Å²) in [4.78, 5) is 11.6. The Labute approximate surface area is 167 Å². The number of hydrogen-bond acceptors (Lipinski definition) is 4. The Bertz CT molecular complexity index is 799. The standard InChI is InChI=1S/C22H31N5O/c1-15-7-9-16(10-8-15)21-25-18(14-28-21)13-24-22(23-2)26-17-11-19-5-4-6-20(12-17)27(19)3/h7-10,14,17,19-20H,4-6,11-13H2,1-3H3,(H2,23,24,26). The minimum absolute atomic E-state index is 0.484. The van der Waals surface area contributed by atoms with Crippen molar-refractivity contribution in [2.24, 2.45) is 4.99 Å². The Kier molecular flexibility index (Phi) is 5.67. The molecule has 0 aliphatic carbocycles. The van der Waals surface area contributed by atoms with Crippen LogP contribution in [0.25, 0.3) is 11.5 Å². The van der Waals surface area contributed by atoms with Crippen LogP contribution in [-0.4, -0.2) is 48.1 Å². The molecule has 2 fully saturated rings. The van der Waals surface area contributed by atoms with E-state index in [1.165, 1.54) is 37.7 Å². The Morgan fingerprint density at radius 2 is 1.93 bits per heavy atom. The van der Waals surface area contributed by atoms with Crippen molar-refractivity contribution >= 4 is 5.96 Å². The lowest BCUT2D eigenvalue weighted by Gasteiger charge is -2.47. The minimum atomic E-state index is 0.484. The molecule has 6 nitrogen and oxygen atoms in total. The smallest absolute Gasteiger partial charge is 0.226 e. The van der Waals surface area contributed by atoms with E-state index in [1.54, 1.807) is 6.26 Å². The van der Waals surface area contributed by atoms with Gasteiger partial charge >= 0.3 is 0 Å². The zero-order valence-corrected chi connectivity index (χ0v) is 17.1. The molecule has 150 valence electrons. The van der Waals surface area contributed by atoms with Crippen molar-refractivity contribution in [2.75, 3.05) is 14.1 Å². The van der Waals surface area contributed by atoms with Crippen LogP contribution in [0, 0.1) is 6.92 Å². The highest BCUT2D eigenvalue weighted by Crippen LogP contribution is 2.32. The average Bonchev–Trinajstić information content (AvgIpc) is 3.15. The summed E-state index contributed by atoms with van der Waals surface area (Å²) in [5, 5.41) is 7.01. The van der Waals surface area contributed by atoms with Crippen LogP contribution in [0.1, 0.15) is 43.4 Å². The summed E-state index contributed by atoms with van der Waals surface area (Å²) in [6.45, 7) is 2.67. The van der Waals surface area contributed by atoms with Crippen molar-refractivity contribution in [3.05, 3.63) is 41.8 Å². The van der Waals surface area contributed by atoms with Gasteiger partial charge in [0.1, 0.15) is 6.26 Å². The molecule has 1 aromatic heterocycles. The zero-order valence-electron chi connectivity index (χ0n) is 17.1. The predicted octanol–water partition coefficient (Wildman–Crippen LogP) is 3.33. The van der Waals surface area contributed by atoms with Crippen LogP contribution in [0.4, 0.5) is 0 Å². The van der Waals surface area contributed by atoms with Crippen molar-refractivity contribution in [3.63, 3.8) is 0 Å². The second-order valence-corrected chi connectivity index (χ2v) is 8.15. The van der Waals surface area contributed by atoms with Crippen LogP contribution in [-0.2, 0) is 6.54 Å². The summed E-state index contributed by atoms with van der Waals surface area (Å²) in [6.07, 6.45) is 8.10. The third-order valence-electron chi connectivity index (χ3n) is 6.19. The number of oxazole rings is 1. The number of nitrogens with one attached hydrogen (secondary N) is 2. The fourth-order valence-electron chi connectivity index (χ4n) is 4.51. The van der Waals surface area contributed by atoms with E-state index in [-0.39, 0.29) is 0 Å². The first-order valence-corrected chi connectivity index (χ1v) is 10.3. The first kappa shape index (κ1) is 19.0. The second kappa shape index (κ2) is 8.35. The maximum Gasteiger partial charge on any atom is 0.226 e. The monoisotopic (exact) mass is 381 g/mol. The van der Waals surface area contributed by atoms with Crippen molar-refractivity contribution in [2.45, 2.75) is 63.7 Å². The number of rotatable bonds is 4. The molecule has 2 saturated heterocycles. The molecule has 0 amide bonds.